The average molecular weight is 1690 g/mol. The van der Waals surface area contributed by atoms with Gasteiger partial charge in [-0.1, -0.05) is 261 Å². The number of phenols is 4. The Hall–Kier alpha value is -12.1. The molecule has 0 aliphatic carbocycles. The summed E-state index contributed by atoms with van der Waals surface area (Å²) in [6.45, 7) is 2.63. The molecule has 33 heteroatoms. The second-order valence-corrected chi connectivity index (χ2v) is 26.4. The Morgan fingerprint density at radius 2 is 0.636 bits per heavy atom. The molecule has 0 saturated heterocycles. The maximum absolute atomic E-state index is 12.9. The van der Waals surface area contributed by atoms with Gasteiger partial charge in [0.05, 0.1) is 39.5 Å². The largest absolute Gasteiger partial charge is 0.558 e. The molecule has 0 fully saturated rings. The summed E-state index contributed by atoms with van der Waals surface area (Å²) in [6, 6.07) is 86.1. The van der Waals surface area contributed by atoms with Crippen molar-refractivity contribution in [2.24, 2.45) is 5.73 Å². The van der Waals surface area contributed by atoms with Gasteiger partial charge < -0.3 is 60.0 Å². The number of ether oxygens (including phenoxy) is 4. The number of carbonyl (C=O) groups excluding carboxylic acids is 4. The maximum Gasteiger partial charge on any atom is 0.539 e. The number of nitrogens with one attached hydrogen (secondary N) is 2. The van der Waals surface area contributed by atoms with Crippen molar-refractivity contribution >= 4 is 63.4 Å². The number of rotatable bonds is 35. The number of phenolic OH excluding ortho intramolecular Hbond substituents is 4. The molecule has 616 valence electrons. The van der Waals surface area contributed by atoms with Gasteiger partial charge in [0.2, 0.25) is 11.5 Å². The molecule has 2 unspecified atom stereocenters. The van der Waals surface area contributed by atoms with Crippen LogP contribution in [-0.4, -0.2) is 96.7 Å². The third kappa shape index (κ3) is 40.5. The zero-order valence-corrected chi connectivity index (χ0v) is 66.6. The highest BCUT2D eigenvalue weighted by Gasteiger charge is 2.26. The number of Topliss-reactive ketones (excluding diaryl/α,β-unsaturated/α-hetero) is 2. The highest BCUT2D eigenvalue weighted by molar-refractivity contribution is 7.31. The molecule has 0 amide bonds. The van der Waals surface area contributed by atoms with Gasteiger partial charge in [-0.2, -0.15) is 0 Å². The fourth-order valence-corrected chi connectivity index (χ4v) is 10.7. The van der Waals surface area contributed by atoms with Crippen molar-refractivity contribution in [1.82, 2.24) is 10.6 Å². The van der Waals surface area contributed by atoms with Gasteiger partial charge in [0, 0.05) is 11.1 Å². The molecule has 0 saturated carbocycles. The van der Waals surface area contributed by atoms with Gasteiger partial charge in [-0.3, -0.25) is 43.7 Å². The molecule has 0 bridgehead atoms. The number of esters is 2. The van der Waals surface area contributed by atoms with Gasteiger partial charge >= 0.3 is 51.8 Å². The first-order valence-corrected chi connectivity index (χ1v) is 39.1. The molecular weight excluding hydrogens is 1600 g/mol. The number of aromatic hydroxyl groups is 4. The quantitative estimate of drug-likeness (QED) is 0.00440. The fourth-order valence-electron chi connectivity index (χ4n) is 10.1. The lowest BCUT2D eigenvalue weighted by Gasteiger charge is -2.18. The van der Waals surface area contributed by atoms with Crippen molar-refractivity contribution in [1.29, 1.82) is 0 Å². The van der Waals surface area contributed by atoms with E-state index in [9.17, 15) is 53.1 Å². The van der Waals surface area contributed by atoms with E-state index in [2.05, 4.69) is 77.6 Å². The third-order valence-electron chi connectivity index (χ3n) is 15.8. The van der Waals surface area contributed by atoms with Gasteiger partial charge in [0.25, 0.3) is 0 Å². The second kappa shape index (κ2) is 57.1. The number of ketones is 2. The molecule has 29 nitrogen and oxygen atoms in total. The maximum atomic E-state index is 12.9. The van der Waals surface area contributed by atoms with Crippen LogP contribution in [0, 0.1) is 0 Å². The minimum Gasteiger partial charge on any atom is -0.558 e. The van der Waals surface area contributed by atoms with Crippen LogP contribution in [0.5, 0.6) is 34.5 Å². The van der Waals surface area contributed by atoms with E-state index in [1.807, 2.05) is 115 Å². The lowest BCUT2D eigenvalue weighted by atomic mass is 10.0. The van der Waals surface area contributed by atoms with Crippen LogP contribution in [0.15, 0.2) is 297 Å². The number of benzene rings is 11. The zero-order valence-electron chi connectivity index (χ0n) is 63.1. The minimum atomic E-state index is -3.36. The summed E-state index contributed by atoms with van der Waals surface area (Å²) in [4.78, 5) is 83.0. The molecule has 11 aromatic carbocycles. The van der Waals surface area contributed by atoms with Crippen LogP contribution in [0.4, 0.5) is 0 Å². The van der Waals surface area contributed by atoms with Crippen LogP contribution in [-0.2, 0) is 120 Å². The number of carbonyl (C=O) groups is 5. The predicted octanol–water partition coefficient (Wildman–Crippen LogP) is 14.1. The topological polar surface area (TPSA) is 465 Å². The molecule has 0 spiro atoms. The number of nitrogens with two attached hydrogens (primary N) is 1. The van der Waals surface area contributed by atoms with E-state index in [1.165, 1.54) is 70.8 Å². The van der Waals surface area contributed by atoms with Crippen molar-refractivity contribution in [3.63, 3.8) is 0 Å². The lowest BCUT2D eigenvalue weighted by Crippen LogP contribution is -2.42. The predicted molar refractivity (Wildman–Crippen MR) is 432 cm³/mol. The lowest BCUT2D eigenvalue weighted by molar-refractivity contribution is -0.181. The first-order chi connectivity index (χ1) is 57.1. The zero-order chi connectivity index (χ0) is 85.5. The van der Waals surface area contributed by atoms with Crippen LogP contribution in [0.25, 0.3) is 0 Å². The highest BCUT2D eigenvalue weighted by Crippen LogP contribution is 2.37. The molecule has 11 N–H and O–H groups in total. The first-order valence-electron chi connectivity index (χ1n) is 35.5. The van der Waals surface area contributed by atoms with Crippen LogP contribution in [0.3, 0.4) is 0 Å². The van der Waals surface area contributed by atoms with Crippen molar-refractivity contribution in [2.45, 2.75) is 77.0 Å². The Kier molecular flexibility index (Phi) is 46.7. The van der Waals surface area contributed by atoms with Crippen molar-refractivity contribution in [2.75, 3.05) is 13.1 Å². The van der Waals surface area contributed by atoms with E-state index in [0.29, 0.717) is 54.2 Å². The van der Waals surface area contributed by atoms with Gasteiger partial charge in [-0.25, -0.2) is 19.6 Å². The number of carboxylic acids is 1. The summed E-state index contributed by atoms with van der Waals surface area (Å²) in [7, 11) is -8.07. The molecular formula is C85H85N3O26P4. The van der Waals surface area contributed by atoms with E-state index < -0.39 is 69.9 Å². The summed E-state index contributed by atoms with van der Waals surface area (Å²) in [5.41, 5.74) is 14.4. The number of aliphatic carboxylic acids is 1. The van der Waals surface area contributed by atoms with Gasteiger partial charge in [0.15, 0.2) is 34.6 Å². The first kappa shape index (κ1) is 96.5. The molecule has 11 rings (SSSR count). The molecule has 0 aliphatic heterocycles. The Bertz CT molecular complexity index is 4630. The van der Waals surface area contributed by atoms with Crippen LogP contribution in [0.1, 0.15) is 70.8 Å². The summed E-state index contributed by atoms with van der Waals surface area (Å²) < 4.78 is 76.8. The van der Waals surface area contributed by atoms with Gasteiger partial charge in [0.1, 0.15) is 31.3 Å². The number of hydrogen-bond donors (Lipinski definition) is 10. The summed E-state index contributed by atoms with van der Waals surface area (Å²) in [6.07, 6.45) is 0.276. The average Bonchev–Trinajstić information content (AvgIpc) is 0.841. The number of carboxylic acid groups (broad SMARTS) is 1. The van der Waals surface area contributed by atoms with Crippen LogP contribution in [0.2, 0.25) is 0 Å². The normalized spacial score (nSPS) is 11.3. The Balaban J connectivity index is 0.000000269. The molecule has 0 aliphatic rings. The van der Waals surface area contributed by atoms with E-state index in [4.69, 9.17) is 59.6 Å². The van der Waals surface area contributed by atoms with E-state index in [-0.39, 0.29) is 91.6 Å². The van der Waals surface area contributed by atoms with E-state index >= 15 is 0 Å². The fraction of sp³-hybridized carbons (Fsp3) is 0.165. The van der Waals surface area contributed by atoms with Crippen LogP contribution < -0.4 is 35.2 Å². The Labute approximate surface area is 684 Å². The van der Waals surface area contributed by atoms with Crippen molar-refractivity contribution < 1.29 is 125 Å². The SMILES string of the molecule is N[C@@H](Cc1ccc(O)c(O)c1)C(=O)O.O=C(CN[C@@H](Cc1ccc(O)c(O)c1)C(=O)OCc1ccccc1)c1ccccc1.O=C(CN[C@@H](Cc1ccc(O[P+](=O)[O-])c(O[P+](=O)[O-])c1)C(=O)OCc1ccccc1)c1ccccc1.O=POO.O=POO.c1ccc(COCc2ccccc2)cc1.c1ccc(COCc2ccccc2)cc1. The van der Waals surface area contributed by atoms with E-state index in [1.54, 1.807) is 84.9 Å². The van der Waals surface area contributed by atoms with Gasteiger partial charge in [-0.15, -0.1) is 9.35 Å². The summed E-state index contributed by atoms with van der Waals surface area (Å²) in [5.74, 6) is -4.36. The number of hydrogen-bond acceptors (Lipinski definition) is 28. The standard InChI is InChI=1S/C24H21NO9P2.C24H23NO5.2C14H14O.C9H11NO4.2HO3P/c26-21(19-9-5-2-6-10-19)15-25-20(24(27)32-16-17-7-3-1-4-8-17)13-18-11-12-22(33-35(28)29)23(14-18)34-36(30)31;26-21-12-11-18(14-22(21)27)13-20(24(29)30-16-17-7-3-1-4-8-17)25-15-23(28)19-9-5-2-6-10-19;2*1-3-7-13(8-4-1)11-15-12-14-9-5-2-6-10-14;10-6(9(13)14)3-5-1-2-7(11)8(12)4-5;2*1-3-4-2/h1-12,14,20,25H,13,15-16H2;1-12,14,20,25-27H,13,15-16H2;2*1-10H,11-12H2;1-2,4,6,11-12H,3,10H2,(H,13,14);2*1H/t2*20-;;;6-;;/m00..0../s1. The van der Waals surface area contributed by atoms with Crippen LogP contribution >= 0.6 is 33.9 Å². The third-order valence-corrected chi connectivity index (χ3v) is 16.7. The second-order valence-electron chi connectivity index (χ2n) is 24.5. The molecule has 0 radical (unpaired) electrons. The van der Waals surface area contributed by atoms with Crippen molar-refractivity contribution in [3.05, 3.63) is 358 Å². The Morgan fingerprint density at radius 1 is 0.364 bits per heavy atom. The monoisotopic (exact) mass is 1690 g/mol. The Morgan fingerprint density at radius 3 is 0.924 bits per heavy atom. The van der Waals surface area contributed by atoms with Gasteiger partial charge in [-0.05, 0) is 115 Å². The molecule has 118 heavy (non-hydrogen) atoms. The minimum absolute atomic E-state index is 0.0127. The van der Waals surface area contributed by atoms with E-state index in [0.717, 1.165) is 11.1 Å². The summed E-state index contributed by atoms with van der Waals surface area (Å²) in [5, 5.41) is 65.8. The molecule has 0 heterocycles. The summed E-state index contributed by atoms with van der Waals surface area (Å²) >= 11 is 0. The van der Waals surface area contributed by atoms with Crippen molar-refractivity contribution in [3.8, 4) is 34.5 Å². The molecule has 5 atom stereocenters. The smallest absolute Gasteiger partial charge is 0.539 e. The highest BCUT2D eigenvalue weighted by atomic mass is 31.1. The molecule has 0 aromatic heterocycles. The molecule has 11 aromatic rings.